The summed E-state index contributed by atoms with van der Waals surface area (Å²) in [6.45, 7) is 0.291. The number of anilines is 2. The maximum absolute atomic E-state index is 12.7. The quantitative estimate of drug-likeness (QED) is 0.709. The SMILES string of the molecule is COc1ccc(N2CC(C(=O)Nc3ccc4nc[nH]c4c3)CC2=O)c(OC)c1. The van der Waals surface area contributed by atoms with Gasteiger partial charge in [-0.15, -0.1) is 0 Å². The molecule has 1 aliphatic rings. The Balaban J connectivity index is 1.50. The van der Waals surface area contributed by atoms with Gasteiger partial charge in [-0.05, 0) is 30.3 Å². The van der Waals surface area contributed by atoms with Gasteiger partial charge in [0.25, 0.3) is 0 Å². The van der Waals surface area contributed by atoms with Crippen molar-refractivity contribution in [2.75, 3.05) is 31.0 Å². The van der Waals surface area contributed by atoms with Gasteiger partial charge in [-0.1, -0.05) is 0 Å². The number of carbonyl (C=O) groups excluding carboxylic acids is 2. The summed E-state index contributed by atoms with van der Waals surface area (Å²) in [6, 6.07) is 10.7. The van der Waals surface area contributed by atoms with Gasteiger partial charge in [0.2, 0.25) is 11.8 Å². The Kier molecular flexibility index (Phi) is 4.60. The lowest BCUT2D eigenvalue weighted by molar-refractivity contribution is -0.122. The molecule has 8 heteroatoms. The highest BCUT2D eigenvalue weighted by molar-refractivity contribution is 6.04. The van der Waals surface area contributed by atoms with Gasteiger partial charge < -0.3 is 24.7 Å². The second-order valence-corrected chi connectivity index (χ2v) is 6.57. The van der Waals surface area contributed by atoms with Crippen LogP contribution in [0.3, 0.4) is 0 Å². The van der Waals surface area contributed by atoms with Gasteiger partial charge in [0.15, 0.2) is 0 Å². The van der Waals surface area contributed by atoms with Crippen LogP contribution in [0.25, 0.3) is 11.0 Å². The van der Waals surface area contributed by atoms with E-state index in [4.69, 9.17) is 9.47 Å². The summed E-state index contributed by atoms with van der Waals surface area (Å²) in [5.74, 6) is 0.404. The molecule has 144 valence electrons. The van der Waals surface area contributed by atoms with E-state index in [2.05, 4.69) is 15.3 Å². The number of methoxy groups -OCH3 is 2. The number of rotatable bonds is 5. The zero-order valence-corrected chi connectivity index (χ0v) is 15.6. The van der Waals surface area contributed by atoms with E-state index in [9.17, 15) is 9.59 Å². The number of aromatic nitrogens is 2. The number of hydrogen-bond donors (Lipinski definition) is 2. The first-order valence-electron chi connectivity index (χ1n) is 8.85. The number of ether oxygens (including phenoxy) is 2. The minimum absolute atomic E-state index is 0.118. The second-order valence-electron chi connectivity index (χ2n) is 6.57. The lowest BCUT2D eigenvalue weighted by atomic mass is 10.1. The Labute approximate surface area is 161 Å². The average Bonchev–Trinajstić information content (AvgIpc) is 3.33. The van der Waals surface area contributed by atoms with Gasteiger partial charge in [0.1, 0.15) is 11.5 Å². The van der Waals surface area contributed by atoms with Crippen molar-refractivity contribution in [2.24, 2.45) is 5.92 Å². The Morgan fingerprint density at radius 1 is 1.21 bits per heavy atom. The van der Waals surface area contributed by atoms with Crippen molar-refractivity contribution in [1.82, 2.24) is 9.97 Å². The van der Waals surface area contributed by atoms with Crippen LogP contribution in [-0.4, -0.2) is 42.5 Å². The zero-order chi connectivity index (χ0) is 19.7. The van der Waals surface area contributed by atoms with Crippen LogP contribution in [-0.2, 0) is 9.59 Å². The molecule has 1 aromatic heterocycles. The first-order chi connectivity index (χ1) is 13.6. The van der Waals surface area contributed by atoms with Crippen molar-refractivity contribution in [3.05, 3.63) is 42.7 Å². The van der Waals surface area contributed by atoms with Crippen molar-refractivity contribution >= 4 is 34.2 Å². The smallest absolute Gasteiger partial charge is 0.229 e. The maximum atomic E-state index is 12.7. The van der Waals surface area contributed by atoms with Crippen molar-refractivity contribution < 1.29 is 19.1 Å². The molecule has 2 aromatic carbocycles. The summed E-state index contributed by atoms with van der Waals surface area (Å²) in [7, 11) is 3.10. The third kappa shape index (κ3) is 3.24. The van der Waals surface area contributed by atoms with E-state index in [1.165, 1.54) is 7.11 Å². The van der Waals surface area contributed by atoms with Crippen LogP contribution in [0.2, 0.25) is 0 Å². The van der Waals surface area contributed by atoms with E-state index >= 15 is 0 Å². The molecule has 0 radical (unpaired) electrons. The molecule has 0 aliphatic carbocycles. The number of fused-ring (bicyclic) bond motifs is 1. The number of benzene rings is 2. The summed E-state index contributed by atoms with van der Waals surface area (Å²) >= 11 is 0. The molecule has 1 atom stereocenters. The Bertz CT molecular complexity index is 1050. The summed E-state index contributed by atoms with van der Waals surface area (Å²) in [5, 5.41) is 2.89. The Morgan fingerprint density at radius 3 is 2.86 bits per heavy atom. The van der Waals surface area contributed by atoms with E-state index < -0.39 is 5.92 Å². The van der Waals surface area contributed by atoms with Crippen molar-refractivity contribution in [3.63, 3.8) is 0 Å². The molecule has 2 heterocycles. The Hall–Kier alpha value is -3.55. The molecule has 1 saturated heterocycles. The Morgan fingerprint density at radius 2 is 2.07 bits per heavy atom. The predicted octanol–water partition coefficient (Wildman–Crippen LogP) is 2.57. The summed E-state index contributed by atoms with van der Waals surface area (Å²) < 4.78 is 10.6. The van der Waals surface area contributed by atoms with Crippen LogP contribution in [0.4, 0.5) is 11.4 Å². The molecule has 2 N–H and O–H groups in total. The lowest BCUT2D eigenvalue weighted by Crippen LogP contribution is -2.28. The van der Waals surface area contributed by atoms with Crippen molar-refractivity contribution in [1.29, 1.82) is 0 Å². The number of amides is 2. The summed E-state index contributed by atoms with van der Waals surface area (Å²) in [6.07, 6.45) is 1.75. The molecule has 1 fully saturated rings. The number of hydrogen-bond acceptors (Lipinski definition) is 5. The molecule has 28 heavy (non-hydrogen) atoms. The average molecular weight is 380 g/mol. The molecule has 1 aliphatic heterocycles. The molecule has 4 rings (SSSR count). The fourth-order valence-corrected chi connectivity index (χ4v) is 3.38. The first-order valence-corrected chi connectivity index (χ1v) is 8.85. The summed E-state index contributed by atoms with van der Waals surface area (Å²) in [5.41, 5.74) is 2.95. The molecule has 2 amide bonds. The van der Waals surface area contributed by atoms with E-state index in [1.807, 2.05) is 12.1 Å². The summed E-state index contributed by atoms with van der Waals surface area (Å²) in [4.78, 5) is 34.0. The van der Waals surface area contributed by atoms with Crippen LogP contribution in [0.1, 0.15) is 6.42 Å². The predicted molar refractivity (Wildman–Crippen MR) is 105 cm³/mol. The van der Waals surface area contributed by atoms with Gasteiger partial charge >= 0.3 is 0 Å². The molecule has 1 unspecified atom stereocenters. The number of aromatic amines is 1. The minimum atomic E-state index is -0.447. The fourth-order valence-electron chi connectivity index (χ4n) is 3.38. The molecule has 8 nitrogen and oxygen atoms in total. The highest BCUT2D eigenvalue weighted by Gasteiger charge is 2.36. The number of imidazole rings is 1. The highest BCUT2D eigenvalue weighted by atomic mass is 16.5. The monoisotopic (exact) mass is 380 g/mol. The van der Waals surface area contributed by atoms with Gasteiger partial charge in [0, 0.05) is 24.7 Å². The molecule has 0 bridgehead atoms. The molecular weight excluding hydrogens is 360 g/mol. The number of nitrogens with zero attached hydrogens (tertiary/aromatic N) is 2. The molecular formula is C20H20N4O4. The third-order valence-corrected chi connectivity index (χ3v) is 4.86. The van der Waals surface area contributed by atoms with Crippen molar-refractivity contribution in [2.45, 2.75) is 6.42 Å². The second kappa shape index (κ2) is 7.22. The first kappa shape index (κ1) is 17.8. The van der Waals surface area contributed by atoms with Gasteiger partial charge in [-0.2, -0.15) is 0 Å². The van der Waals surface area contributed by atoms with E-state index in [-0.39, 0.29) is 18.2 Å². The minimum Gasteiger partial charge on any atom is -0.497 e. The van der Waals surface area contributed by atoms with Gasteiger partial charge in [-0.3, -0.25) is 9.59 Å². The number of carbonyl (C=O) groups is 2. The van der Waals surface area contributed by atoms with Crippen LogP contribution in [0.15, 0.2) is 42.7 Å². The van der Waals surface area contributed by atoms with E-state index in [0.29, 0.717) is 29.4 Å². The fraction of sp³-hybridized carbons (Fsp3) is 0.250. The van der Waals surface area contributed by atoms with Crippen LogP contribution >= 0.6 is 0 Å². The largest absolute Gasteiger partial charge is 0.497 e. The molecule has 0 spiro atoms. The van der Waals surface area contributed by atoms with Crippen LogP contribution in [0.5, 0.6) is 11.5 Å². The molecule has 0 saturated carbocycles. The normalized spacial score (nSPS) is 16.4. The lowest BCUT2D eigenvalue weighted by Gasteiger charge is -2.20. The highest BCUT2D eigenvalue weighted by Crippen LogP contribution is 2.36. The topological polar surface area (TPSA) is 96.5 Å². The van der Waals surface area contributed by atoms with E-state index in [1.54, 1.807) is 42.6 Å². The van der Waals surface area contributed by atoms with Crippen molar-refractivity contribution in [3.8, 4) is 11.5 Å². The van der Waals surface area contributed by atoms with Gasteiger partial charge in [0.05, 0.1) is 43.2 Å². The molecule has 3 aromatic rings. The van der Waals surface area contributed by atoms with Crippen LogP contribution in [0, 0.1) is 5.92 Å². The maximum Gasteiger partial charge on any atom is 0.229 e. The van der Waals surface area contributed by atoms with Gasteiger partial charge in [-0.25, -0.2) is 4.98 Å². The van der Waals surface area contributed by atoms with E-state index in [0.717, 1.165) is 11.0 Å². The number of nitrogens with one attached hydrogen (secondary N) is 2. The number of H-pyrrole nitrogens is 1. The van der Waals surface area contributed by atoms with Crippen LogP contribution < -0.4 is 19.7 Å². The zero-order valence-electron chi connectivity index (χ0n) is 15.6. The third-order valence-electron chi connectivity index (χ3n) is 4.86. The standard InChI is InChI=1S/C20H20N4O4/c1-27-14-4-6-17(18(9-14)28-2)24-10-12(7-19(24)25)20(26)23-13-3-5-15-16(8-13)22-11-21-15/h3-6,8-9,11-12H,7,10H2,1-2H3,(H,21,22)(H,23,26).